The Labute approximate surface area is 118 Å². The average molecular weight is 297 g/mol. The standard InChI is InChI=1S/C13H10F3N3O2/c1-7-12(21)18-11(20)6-19(7)9-3-2-8(5-17)10(4-9)13(14,15)16/h2-4,7H,6H2,1H3,(H,18,20,21). The number of alkyl halides is 3. The maximum absolute atomic E-state index is 12.9. The number of anilines is 1. The smallest absolute Gasteiger partial charge is 0.350 e. The average Bonchev–Trinajstić information content (AvgIpc) is 2.41. The summed E-state index contributed by atoms with van der Waals surface area (Å²) in [5.41, 5.74) is -1.53. The van der Waals surface area contributed by atoms with Crippen LogP contribution >= 0.6 is 0 Å². The number of carbonyl (C=O) groups is 2. The minimum Gasteiger partial charge on any atom is -0.350 e. The fraction of sp³-hybridized carbons (Fsp3) is 0.308. The second-order valence-electron chi connectivity index (χ2n) is 4.56. The van der Waals surface area contributed by atoms with Crippen molar-refractivity contribution in [1.29, 1.82) is 5.26 Å². The molecule has 1 aliphatic heterocycles. The van der Waals surface area contributed by atoms with Gasteiger partial charge in [0.1, 0.15) is 6.04 Å². The van der Waals surface area contributed by atoms with Crippen molar-refractivity contribution < 1.29 is 22.8 Å². The van der Waals surface area contributed by atoms with Gasteiger partial charge in [-0.05, 0) is 25.1 Å². The third kappa shape index (κ3) is 2.81. The molecule has 0 aromatic heterocycles. The van der Waals surface area contributed by atoms with E-state index in [0.717, 1.165) is 12.1 Å². The Balaban J connectivity index is 2.48. The van der Waals surface area contributed by atoms with Crippen molar-refractivity contribution >= 4 is 17.5 Å². The lowest BCUT2D eigenvalue weighted by atomic mass is 10.0. The van der Waals surface area contributed by atoms with Crippen LogP contribution in [0, 0.1) is 11.3 Å². The van der Waals surface area contributed by atoms with Crippen molar-refractivity contribution in [3.63, 3.8) is 0 Å². The van der Waals surface area contributed by atoms with Crippen LogP contribution in [0.25, 0.3) is 0 Å². The molecule has 1 aromatic rings. The van der Waals surface area contributed by atoms with Crippen LogP contribution in [0.15, 0.2) is 18.2 Å². The summed E-state index contributed by atoms with van der Waals surface area (Å²) >= 11 is 0. The van der Waals surface area contributed by atoms with E-state index in [9.17, 15) is 22.8 Å². The van der Waals surface area contributed by atoms with Gasteiger partial charge in [0.2, 0.25) is 11.8 Å². The van der Waals surface area contributed by atoms with E-state index in [4.69, 9.17) is 5.26 Å². The van der Waals surface area contributed by atoms with E-state index < -0.39 is 35.2 Å². The van der Waals surface area contributed by atoms with Gasteiger partial charge >= 0.3 is 6.18 Å². The number of benzene rings is 1. The first kappa shape index (κ1) is 14.8. The molecule has 8 heteroatoms. The van der Waals surface area contributed by atoms with Gasteiger partial charge in [-0.1, -0.05) is 0 Å². The van der Waals surface area contributed by atoms with Crippen LogP contribution in [0.4, 0.5) is 18.9 Å². The molecule has 2 rings (SSSR count). The largest absolute Gasteiger partial charge is 0.417 e. The first-order valence-electron chi connectivity index (χ1n) is 5.95. The SMILES string of the molecule is CC1C(=O)NC(=O)CN1c1ccc(C#N)c(C(F)(F)F)c1. The molecular formula is C13H10F3N3O2. The minimum absolute atomic E-state index is 0.0667. The van der Waals surface area contributed by atoms with Crippen LogP contribution in [0.5, 0.6) is 0 Å². The zero-order valence-corrected chi connectivity index (χ0v) is 10.9. The summed E-state index contributed by atoms with van der Waals surface area (Å²) in [6, 6.07) is 3.79. The Morgan fingerprint density at radius 1 is 1.38 bits per heavy atom. The van der Waals surface area contributed by atoms with Gasteiger partial charge in [0.25, 0.3) is 0 Å². The van der Waals surface area contributed by atoms with Gasteiger partial charge in [0.15, 0.2) is 0 Å². The molecule has 0 bridgehead atoms. The molecule has 0 saturated carbocycles. The van der Waals surface area contributed by atoms with Crippen LogP contribution in [0.3, 0.4) is 0 Å². The summed E-state index contributed by atoms with van der Waals surface area (Å²) < 4.78 is 38.8. The highest BCUT2D eigenvalue weighted by Gasteiger charge is 2.36. The van der Waals surface area contributed by atoms with Gasteiger partial charge in [-0.2, -0.15) is 18.4 Å². The number of nitriles is 1. The molecule has 1 N–H and O–H groups in total. The first-order valence-corrected chi connectivity index (χ1v) is 5.95. The molecule has 1 aliphatic rings. The second-order valence-corrected chi connectivity index (χ2v) is 4.56. The van der Waals surface area contributed by atoms with E-state index >= 15 is 0 Å². The zero-order chi connectivity index (χ0) is 15.8. The number of halogens is 3. The number of hydrogen-bond donors (Lipinski definition) is 1. The predicted octanol–water partition coefficient (Wildman–Crippen LogP) is 1.43. The van der Waals surface area contributed by atoms with Crippen LogP contribution in [-0.4, -0.2) is 24.4 Å². The number of amides is 2. The number of carbonyl (C=O) groups excluding carboxylic acids is 2. The van der Waals surface area contributed by atoms with Crippen molar-refractivity contribution in [2.24, 2.45) is 0 Å². The number of nitrogens with one attached hydrogen (secondary N) is 1. The van der Waals surface area contributed by atoms with Gasteiger partial charge in [0.05, 0.1) is 23.7 Å². The number of piperazine rings is 1. The Hall–Kier alpha value is -2.56. The fourth-order valence-corrected chi connectivity index (χ4v) is 2.07. The monoisotopic (exact) mass is 297 g/mol. The van der Waals surface area contributed by atoms with Gasteiger partial charge < -0.3 is 4.90 Å². The molecule has 2 amide bonds. The third-order valence-corrected chi connectivity index (χ3v) is 3.18. The number of hydrogen-bond acceptors (Lipinski definition) is 4. The number of rotatable bonds is 1. The van der Waals surface area contributed by atoms with E-state index in [1.807, 2.05) is 0 Å². The molecule has 1 atom stereocenters. The molecule has 1 unspecified atom stereocenters. The van der Waals surface area contributed by atoms with E-state index in [1.165, 1.54) is 24.0 Å². The van der Waals surface area contributed by atoms with Gasteiger partial charge in [-0.3, -0.25) is 14.9 Å². The first-order chi connectivity index (χ1) is 9.74. The number of nitrogens with zero attached hydrogens (tertiary/aromatic N) is 2. The Bertz CT molecular complexity index is 649. The highest BCUT2D eigenvalue weighted by molar-refractivity contribution is 6.04. The van der Waals surface area contributed by atoms with Crippen LogP contribution in [-0.2, 0) is 15.8 Å². The van der Waals surface area contributed by atoms with Crippen molar-refractivity contribution in [2.45, 2.75) is 19.1 Å². The quantitative estimate of drug-likeness (QED) is 0.796. The Morgan fingerprint density at radius 2 is 2.05 bits per heavy atom. The topological polar surface area (TPSA) is 73.2 Å². The van der Waals surface area contributed by atoms with Crippen molar-refractivity contribution in [3.8, 4) is 6.07 Å². The van der Waals surface area contributed by atoms with E-state index in [-0.39, 0.29) is 12.2 Å². The van der Waals surface area contributed by atoms with E-state index in [2.05, 4.69) is 5.32 Å². The van der Waals surface area contributed by atoms with Crippen molar-refractivity contribution in [1.82, 2.24) is 5.32 Å². The Morgan fingerprint density at radius 3 is 2.62 bits per heavy atom. The number of imide groups is 1. The second kappa shape index (κ2) is 5.09. The molecular weight excluding hydrogens is 287 g/mol. The van der Waals surface area contributed by atoms with Crippen LogP contribution in [0.2, 0.25) is 0 Å². The zero-order valence-electron chi connectivity index (χ0n) is 10.9. The fourth-order valence-electron chi connectivity index (χ4n) is 2.07. The van der Waals surface area contributed by atoms with E-state index in [0.29, 0.717) is 0 Å². The summed E-state index contributed by atoms with van der Waals surface area (Å²) in [6.07, 6.45) is -4.69. The summed E-state index contributed by atoms with van der Waals surface area (Å²) in [5, 5.41) is 10.8. The molecule has 110 valence electrons. The van der Waals surface area contributed by atoms with E-state index in [1.54, 1.807) is 0 Å². The molecule has 5 nitrogen and oxygen atoms in total. The highest BCUT2D eigenvalue weighted by Crippen LogP contribution is 2.35. The van der Waals surface area contributed by atoms with Gasteiger partial charge in [-0.15, -0.1) is 0 Å². The van der Waals surface area contributed by atoms with Gasteiger partial charge in [0, 0.05) is 5.69 Å². The lowest BCUT2D eigenvalue weighted by molar-refractivity contribution is -0.137. The molecule has 1 aromatic carbocycles. The van der Waals surface area contributed by atoms with Crippen molar-refractivity contribution in [2.75, 3.05) is 11.4 Å². The molecule has 1 fully saturated rings. The lowest BCUT2D eigenvalue weighted by Crippen LogP contribution is -2.57. The van der Waals surface area contributed by atoms with Gasteiger partial charge in [-0.25, -0.2) is 0 Å². The molecule has 1 saturated heterocycles. The molecule has 0 spiro atoms. The third-order valence-electron chi connectivity index (χ3n) is 3.18. The van der Waals surface area contributed by atoms with Crippen molar-refractivity contribution in [3.05, 3.63) is 29.3 Å². The lowest BCUT2D eigenvalue weighted by Gasteiger charge is -2.33. The Kier molecular flexibility index (Phi) is 3.60. The normalized spacial score (nSPS) is 19.2. The summed E-state index contributed by atoms with van der Waals surface area (Å²) in [4.78, 5) is 24.2. The van der Waals surface area contributed by atoms with Crippen LogP contribution < -0.4 is 10.2 Å². The molecule has 1 heterocycles. The minimum atomic E-state index is -4.69. The maximum Gasteiger partial charge on any atom is 0.417 e. The van der Waals surface area contributed by atoms with Crippen LogP contribution in [0.1, 0.15) is 18.1 Å². The summed E-state index contributed by atoms with van der Waals surface area (Å²) in [5.74, 6) is -1.17. The summed E-state index contributed by atoms with van der Waals surface area (Å²) in [6.45, 7) is 1.25. The summed E-state index contributed by atoms with van der Waals surface area (Å²) in [7, 11) is 0. The molecule has 0 aliphatic carbocycles. The highest BCUT2D eigenvalue weighted by atomic mass is 19.4. The predicted molar refractivity (Wildman–Crippen MR) is 66.1 cm³/mol. The molecule has 0 radical (unpaired) electrons. The molecule has 21 heavy (non-hydrogen) atoms. The maximum atomic E-state index is 12.9.